The van der Waals surface area contributed by atoms with Gasteiger partial charge in [-0.1, -0.05) is 37.6 Å². The molecule has 0 bridgehead atoms. The van der Waals surface area contributed by atoms with Crippen molar-refractivity contribution < 1.29 is 17.9 Å². The predicted octanol–water partition coefficient (Wildman–Crippen LogP) is 6.31. The summed E-state index contributed by atoms with van der Waals surface area (Å²) in [5.41, 5.74) is 2.72. The van der Waals surface area contributed by atoms with Gasteiger partial charge >= 0.3 is 6.18 Å². The van der Waals surface area contributed by atoms with Crippen molar-refractivity contribution in [1.82, 2.24) is 0 Å². The van der Waals surface area contributed by atoms with Gasteiger partial charge in [-0.05, 0) is 48.7 Å². The molecule has 1 nitrogen and oxygen atoms in total. The zero-order valence-corrected chi connectivity index (χ0v) is 13.1. The van der Waals surface area contributed by atoms with Crippen molar-refractivity contribution in [3.63, 3.8) is 0 Å². The maximum atomic E-state index is 10.4. The SMILES string of the molecule is CC(F)(F)F.CCCc1cc(Oc2ccccc2)ccc1C. The number of para-hydroxylation sites is 1. The zero-order chi connectivity index (χ0) is 16.6. The fraction of sp³-hybridized carbons (Fsp3) is 0.333. The van der Waals surface area contributed by atoms with E-state index < -0.39 is 6.18 Å². The number of rotatable bonds is 4. The fourth-order valence-corrected chi connectivity index (χ4v) is 1.87. The lowest BCUT2D eigenvalue weighted by Gasteiger charge is -2.09. The van der Waals surface area contributed by atoms with E-state index in [2.05, 4.69) is 26.0 Å². The van der Waals surface area contributed by atoms with Gasteiger partial charge in [-0.3, -0.25) is 0 Å². The Labute approximate surface area is 129 Å². The third kappa shape index (κ3) is 7.72. The number of hydrogen-bond donors (Lipinski definition) is 0. The van der Waals surface area contributed by atoms with E-state index in [1.807, 2.05) is 36.4 Å². The summed E-state index contributed by atoms with van der Waals surface area (Å²) in [5.74, 6) is 1.81. The van der Waals surface area contributed by atoms with Gasteiger partial charge in [0.25, 0.3) is 0 Å². The average Bonchev–Trinajstić information content (AvgIpc) is 2.42. The molecule has 0 saturated carbocycles. The van der Waals surface area contributed by atoms with Gasteiger partial charge in [0.05, 0.1) is 0 Å². The quantitative estimate of drug-likeness (QED) is 0.643. The molecule has 0 aliphatic heterocycles. The highest BCUT2D eigenvalue weighted by Crippen LogP contribution is 2.24. The molecule has 0 unspecified atom stereocenters. The summed E-state index contributed by atoms with van der Waals surface area (Å²) in [6, 6.07) is 16.2. The Balaban J connectivity index is 0.000000422. The van der Waals surface area contributed by atoms with Crippen molar-refractivity contribution in [1.29, 1.82) is 0 Å². The molecular weight excluding hydrogens is 289 g/mol. The van der Waals surface area contributed by atoms with Gasteiger partial charge in [0, 0.05) is 6.92 Å². The van der Waals surface area contributed by atoms with Gasteiger partial charge in [0.1, 0.15) is 11.5 Å². The molecule has 0 atom stereocenters. The van der Waals surface area contributed by atoms with Gasteiger partial charge in [0.15, 0.2) is 0 Å². The second kappa shape index (κ2) is 8.47. The first kappa shape index (κ1) is 18.1. The van der Waals surface area contributed by atoms with Crippen molar-refractivity contribution in [2.45, 2.75) is 39.8 Å². The van der Waals surface area contributed by atoms with Crippen LogP contribution in [0.25, 0.3) is 0 Å². The van der Waals surface area contributed by atoms with E-state index in [4.69, 9.17) is 4.74 Å². The van der Waals surface area contributed by atoms with Crippen LogP contribution in [0.4, 0.5) is 13.2 Å². The van der Waals surface area contributed by atoms with E-state index in [0.717, 1.165) is 24.3 Å². The van der Waals surface area contributed by atoms with Crippen molar-refractivity contribution in [3.8, 4) is 11.5 Å². The van der Waals surface area contributed by atoms with Crippen LogP contribution in [0.5, 0.6) is 11.5 Å². The molecule has 0 N–H and O–H groups in total. The highest BCUT2D eigenvalue weighted by molar-refractivity contribution is 5.38. The molecule has 2 aromatic rings. The molecule has 0 aliphatic rings. The lowest BCUT2D eigenvalue weighted by Crippen LogP contribution is -1.95. The highest BCUT2D eigenvalue weighted by Gasteiger charge is 2.15. The van der Waals surface area contributed by atoms with E-state index in [1.165, 1.54) is 11.1 Å². The van der Waals surface area contributed by atoms with Crippen molar-refractivity contribution in [2.24, 2.45) is 0 Å². The van der Waals surface area contributed by atoms with Crippen molar-refractivity contribution in [3.05, 3.63) is 59.7 Å². The summed E-state index contributed by atoms with van der Waals surface area (Å²) in [5, 5.41) is 0. The van der Waals surface area contributed by atoms with Gasteiger partial charge in [-0.2, -0.15) is 13.2 Å². The molecule has 2 rings (SSSR count). The van der Waals surface area contributed by atoms with Crippen LogP contribution < -0.4 is 4.74 Å². The maximum Gasteiger partial charge on any atom is 0.386 e. The largest absolute Gasteiger partial charge is 0.457 e. The Kier molecular flexibility index (Phi) is 6.96. The molecule has 0 aliphatic carbocycles. The molecular formula is C18H21F3O. The summed E-state index contributed by atoms with van der Waals surface area (Å²) < 4.78 is 36.9. The minimum atomic E-state index is -4.00. The molecule has 0 spiro atoms. The molecule has 0 radical (unpaired) electrons. The lowest BCUT2D eigenvalue weighted by molar-refractivity contribution is -0.110. The minimum Gasteiger partial charge on any atom is -0.457 e. The van der Waals surface area contributed by atoms with Crippen LogP contribution in [0.2, 0.25) is 0 Å². The second-order valence-electron chi connectivity index (χ2n) is 5.03. The standard InChI is InChI=1S/C16H18O.C2H3F3/c1-3-7-14-12-16(11-10-13(14)2)17-15-8-5-4-6-9-15;1-2(3,4)5/h4-6,8-12H,3,7H2,1-2H3;1H3. The van der Waals surface area contributed by atoms with E-state index in [-0.39, 0.29) is 6.92 Å². The molecule has 4 heteroatoms. The van der Waals surface area contributed by atoms with Crippen molar-refractivity contribution in [2.75, 3.05) is 0 Å². The monoisotopic (exact) mass is 310 g/mol. The summed E-state index contributed by atoms with van der Waals surface area (Å²) >= 11 is 0. The minimum absolute atomic E-state index is 0.188. The van der Waals surface area contributed by atoms with E-state index in [1.54, 1.807) is 0 Å². The van der Waals surface area contributed by atoms with Crippen LogP contribution in [0.3, 0.4) is 0 Å². The Hall–Kier alpha value is -1.97. The average molecular weight is 310 g/mol. The van der Waals surface area contributed by atoms with E-state index in [9.17, 15) is 13.2 Å². The number of hydrogen-bond acceptors (Lipinski definition) is 1. The normalized spacial score (nSPS) is 10.6. The zero-order valence-electron chi connectivity index (χ0n) is 13.1. The van der Waals surface area contributed by atoms with E-state index in [0.29, 0.717) is 0 Å². The Bertz CT molecular complexity index is 556. The lowest BCUT2D eigenvalue weighted by atomic mass is 10.0. The molecule has 0 heterocycles. The predicted molar refractivity (Wildman–Crippen MR) is 83.4 cm³/mol. The first-order chi connectivity index (χ1) is 10.3. The van der Waals surface area contributed by atoms with Crippen molar-refractivity contribution >= 4 is 0 Å². The molecule has 2 aromatic carbocycles. The molecule has 22 heavy (non-hydrogen) atoms. The Morgan fingerprint density at radius 2 is 1.55 bits per heavy atom. The summed E-state index contributed by atoms with van der Waals surface area (Å²) in [4.78, 5) is 0. The summed E-state index contributed by atoms with van der Waals surface area (Å²) in [6.07, 6.45) is -1.73. The first-order valence-electron chi connectivity index (χ1n) is 7.18. The summed E-state index contributed by atoms with van der Waals surface area (Å²) in [6.45, 7) is 4.54. The number of benzene rings is 2. The van der Waals surface area contributed by atoms with E-state index >= 15 is 0 Å². The molecule has 0 fully saturated rings. The number of alkyl halides is 3. The molecule has 0 amide bonds. The second-order valence-corrected chi connectivity index (χ2v) is 5.03. The third-order valence-corrected chi connectivity index (χ3v) is 2.82. The fourth-order valence-electron chi connectivity index (χ4n) is 1.87. The number of ether oxygens (including phenoxy) is 1. The Morgan fingerprint density at radius 3 is 2.09 bits per heavy atom. The molecule has 0 aromatic heterocycles. The number of aryl methyl sites for hydroxylation is 2. The number of halogens is 3. The van der Waals surface area contributed by atoms with Gasteiger partial charge in [0.2, 0.25) is 0 Å². The van der Waals surface area contributed by atoms with Gasteiger partial charge < -0.3 is 4.74 Å². The topological polar surface area (TPSA) is 9.23 Å². The van der Waals surface area contributed by atoms with Crippen LogP contribution in [-0.2, 0) is 6.42 Å². The van der Waals surface area contributed by atoms with Crippen LogP contribution >= 0.6 is 0 Å². The molecule has 120 valence electrons. The maximum absolute atomic E-state index is 10.4. The van der Waals surface area contributed by atoms with Crippen LogP contribution in [-0.4, -0.2) is 6.18 Å². The molecule has 0 saturated heterocycles. The van der Waals surface area contributed by atoms with Crippen LogP contribution in [0.1, 0.15) is 31.4 Å². The first-order valence-corrected chi connectivity index (χ1v) is 7.18. The van der Waals surface area contributed by atoms with Gasteiger partial charge in [-0.25, -0.2) is 0 Å². The van der Waals surface area contributed by atoms with Crippen LogP contribution in [0, 0.1) is 6.92 Å². The van der Waals surface area contributed by atoms with Crippen LogP contribution in [0.15, 0.2) is 48.5 Å². The highest BCUT2D eigenvalue weighted by atomic mass is 19.4. The summed E-state index contributed by atoms with van der Waals surface area (Å²) in [7, 11) is 0. The third-order valence-electron chi connectivity index (χ3n) is 2.82. The Morgan fingerprint density at radius 1 is 0.955 bits per heavy atom. The van der Waals surface area contributed by atoms with Gasteiger partial charge in [-0.15, -0.1) is 0 Å². The smallest absolute Gasteiger partial charge is 0.386 e.